The zero-order valence-corrected chi connectivity index (χ0v) is 35.0. The van der Waals surface area contributed by atoms with E-state index in [9.17, 15) is 5.26 Å². The van der Waals surface area contributed by atoms with Crippen molar-refractivity contribution >= 4 is 65.4 Å². The van der Waals surface area contributed by atoms with E-state index in [2.05, 4.69) is 196 Å². The van der Waals surface area contributed by atoms with Gasteiger partial charge in [-0.1, -0.05) is 115 Å². The first-order valence-electron chi connectivity index (χ1n) is 21.8. The van der Waals surface area contributed by atoms with Crippen LogP contribution in [0.1, 0.15) is 5.56 Å². The fraction of sp³-hybridized carbons (Fsp3) is 0. The maximum Gasteiger partial charge on any atom is 0.160 e. The number of nitriles is 1. The molecule has 0 saturated heterocycles. The van der Waals surface area contributed by atoms with Crippen LogP contribution in [0.4, 0.5) is 0 Å². The smallest absolute Gasteiger partial charge is 0.160 e. The van der Waals surface area contributed by atoms with Crippen molar-refractivity contribution in [3.63, 3.8) is 0 Å². The molecule has 0 bridgehead atoms. The van der Waals surface area contributed by atoms with Crippen molar-refractivity contribution in [3.8, 4) is 57.0 Å². The Morgan fingerprint density at radius 1 is 0.308 bits per heavy atom. The first kappa shape index (κ1) is 36.6. The molecule has 0 fully saturated rings. The van der Waals surface area contributed by atoms with Gasteiger partial charge in [0.05, 0.1) is 56.1 Å². The molecule has 0 unspecified atom stereocenters. The third kappa shape index (κ3) is 5.80. The Morgan fingerprint density at radius 3 is 1.14 bits per heavy atom. The Balaban J connectivity index is 1.01. The molecule has 0 atom stereocenters. The van der Waals surface area contributed by atoms with Crippen LogP contribution in [0.3, 0.4) is 0 Å². The van der Waals surface area contributed by atoms with Crippen molar-refractivity contribution in [1.29, 1.82) is 5.26 Å². The maximum atomic E-state index is 9.45. The molecule has 13 rings (SSSR count). The second-order valence-electron chi connectivity index (χ2n) is 16.5. The number of para-hydroxylation sites is 4. The molecule has 0 spiro atoms. The monoisotopic (exact) mass is 828 g/mol. The Bertz CT molecular complexity index is 3780. The Labute approximate surface area is 373 Å². The number of hydrogen-bond acceptors (Lipinski definition) is 3. The predicted octanol–water partition coefficient (Wildman–Crippen LogP) is 14.6. The SMILES string of the molecule is N#Cc1ccc(-c2nc(-c3ccccc3)cc(-c3ccc(-n4c5ccc(-n6c7ccccc7c7ccccc76)cc5c5cc(-n6c7ccccc7c7ccccc76)ccc54)cc3)n2)cc1. The lowest BCUT2D eigenvalue weighted by Gasteiger charge is -2.12. The fourth-order valence-electron chi connectivity index (χ4n) is 9.91. The summed E-state index contributed by atoms with van der Waals surface area (Å²) in [7, 11) is 0. The molecule has 6 nitrogen and oxygen atoms in total. The van der Waals surface area contributed by atoms with E-state index in [0.717, 1.165) is 56.2 Å². The van der Waals surface area contributed by atoms with E-state index in [1.54, 1.807) is 0 Å². The normalized spacial score (nSPS) is 11.7. The topological polar surface area (TPSA) is 64.4 Å². The highest BCUT2D eigenvalue weighted by atomic mass is 15.0. The van der Waals surface area contributed by atoms with Crippen LogP contribution in [0.15, 0.2) is 218 Å². The van der Waals surface area contributed by atoms with Crippen LogP contribution in [-0.4, -0.2) is 23.7 Å². The van der Waals surface area contributed by atoms with E-state index < -0.39 is 0 Å². The Morgan fingerprint density at radius 2 is 0.677 bits per heavy atom. The van der Waals surface area contributed by atoms with Gasteiger partial charge in [0.2, 0.25) is 0 Å². The van der Waals surface area contributed by atoms with Gasteiger partial charge in [0.15, 0.2) is 5.82 Å². The maximum absolute atomic E-state index is 9.45. The highest BCUT2D eigenvalue weighted by Crippen LogP contribution is 2.40. The molecule has 65 heavy (non-hydrogen) atoms. The molecule has 0 aliphatic rings. The summed E-state index contributed by atoms with van der Waals surface area (Å²) in [6.45, 7) is 0. The van der Waals surface area contributed by atoms with E-state index in [1.165, 1.54) is 54.4 Å². The quantitative estimate of drug-likeness (QED) is 0.168. The van der Waals surface area contributed by atoms with Gasteiger partial charge < -0.3 is 13.7 Å². The first-order chi connectivity index (χ1) is 32.2. The third-order valence-corrected chi connectivity index (χ3v) is 12.9. The standard InChI is InChI=1S/C59H36N6/c60-37-38-22-24-41(25-23-38)59-61-51(39-12-2-1-3-13-39)36-52(62-59)40-26-28-42(29-27-40)63-57-32-30-43(64-53-18-8-4-14-45(53)46-15-5-9-19-54(46)64)34-49(57)50-35-44(31-33-58(50)63)65-55-20-10-6-16-47(55)48-17-7-11-21-56(48)65/h1-36H. The molecule has 4 aromatic heterocycles. The average Bonchev–Trinajstić information content (AvgIpc) is 4.02. The van der Waals surface area contributed by atoms with Gasteiger partial charge >= 0.3 is 0 Å². The van der Waals surface area contributed by atoms with Crippen molar-refractivity contribution < 1.29 is 0 Å². The zero-order chi connectivity index (χ0) is 43.0. The van der Waals surface area contributed by atoms with Gasteiger partial charge in [-0.05, 0) is 103 Å². The Hall–Kier alpha value is -9.05. The molecule has 9 aromatic carbocycles. The minimum atomic E-state index is 0.597. The van der Waals surface area contributed by atoms with Crippen LogP contribution in [0, 0.1) is 11.3 Å². The van der Waals surface area contributed by atoms with Gasteiger partial charge in [0.25, 0.3) is 0 Å². The van der Waals surface area contributed by atoms with Gasteiger partial charge in [-0.15, -0.1) is 0 Å². The molecule has 0 amide bonds. The van der Waals surface area contributed by atoms with Crippen molar-refractivity contribution in [2.24, 2.45) is 0 Å². The summed E-state index contributed by atoms with van der Waals surface area (Å²) in [4.78, 5) is 10.1. The summed E-state index contributed by atoms with van der Waals surface area (Å²) < 4.78 is 7.18. The van der Waals surface area contributed by atoms with Crippen molar-refractivity contribution in [2.75, 3.05) is 0 Å². The average molecular weight is 829 g/mol. The number of rotatable bonds is 6. The summed E-state index contributed by atoms with van der Waals surface area (Å²) in [6, 6.07) is 79.2. The van der Waals surface area contributed by atoms with E-state index in [4.69, 9.17) is 9.97 Å². The molecular formula is C59H36N6. The van der Waals surface area contributed by atoms with E-state index >= 15 is 0 Å². The minimum absolute atomic E-state index is 0.597. The Kier molecular flexibility index (Phi) is 8.17. The van der Waals surface area contributed by atoms with Crippen molar-refractivity contribution in [3.05, 3.63) is 224 Å². The minimum Gasteiger partial charge on any atom is -0.309 e. The summed E-state index contributed by atoms with van der Waals surface area (Å²) in [5, 5.41) is 16.7. The molecule has 0 N–H and O–H groups in total. The first-order valence-corrected chi connectivity index (χ1v) is 21.8. The van der Waals surface area contributed by atoms with Gasteiger partial charge in [-0.25, -0.2) is 9.97 Å². The lowest BCUT2D eigenvalue weighted by Crippen LogP contribution is -1.98. The van der Waals surface area contributed by atoms with Crippen LogP contribution in [0.5, 0.6) is 0 Å². The predicted molar refractivity (Wildman–Crippen MR) is 266 cm³/mol. The lowest BCUT2D eigenvalue weighted by molar-refractivity contribution is 1.16. The van der Waals surface area contributed by atoms with Gasteiger partial charge in [-0.3, -0.25) is 0 Å². The van der Waals surface area contributed by atoms with E-state index in [-0.39, 0.29) is 0 Å². The number of fused-ring (bicyclic) bond motifs is 9. The molecule has 302 valence electrons. The summed E-state index contributed by atoms with van der Waals surface area (Å²) in [6.07, 6.45) is 0. The highest BCUT2D eigenvalue weighted by molar-refractivity contribution is 6.14. The third-order valence-electron chi connectivity index (χ3n) is 12.9. The van der Waals surface area contributed by atoms with E-state index in [0.29, 0.717) is 11.4 Å². The van der Waals surface area contributed by atoms with Crippen LogP contribution in [0.25, 0.3) is 116 Å². The number of hydrogen-bond donors (Lipinski definition) is 0. The lowest BCUT2D eigenvalue weighted by atomic mass is 10.1. The zero-order valence-electron chi connectivity index (χ0n) is 35.0. The van der Waals surface area contributed by atoms with Gasteiger partial charge in [0, 0.05) is 66.1 Å². The van der Waals surface area contributed by atoms with Gasteiger partial charge in [0.1, 0.15) is 0 Å². The molecule has 0 radical (unpaired) electrons. The van der Waals surface area contributed by atoms with Crippen LogP contribution >= 0.6 is 0 Å². The summed E-state index contributed by atoms with van der Waals surface area (Å²) >= 11 is 0. The fourth-order valence-corrected chi connectivity index (χ4v) is 9.91. The van der Waals surface area contributed by atoms with Crippen LogP contribution < -0.4 is 0 Å². The van der Waals surface area contributed by atoms with Crippen molar-refractivity contribution in [2.45, 2.75) is 0 Å². The van der Waals surface area contributed by atoms with Gasteiger partial charge in [-0.2, -0.15) is 5.26 Å². The second-order valence-corrected chi connectivity index (χ2v) is 16.5. The molecule has 0 aliphatic carbocycles. The second kappa shape index (κ2) is 14.5. The largest absolute Gasteiger partial charge is 0.309 e. The van der Waals surface area contributed by atoms with E-state index in [1.807, 2.05) is 42.5 Å². The van der Waals surface area contributed by atoms with Crippen molar-refractivity contribution in [1.82, 2.24) is 23.7 Å². The molecular weight excluding hydrogens is 793 g/mol. The number of benzene rings is 9. The highest BCUT2D eigenvalue weighted by Gasteiger charge is 2.19. The van der Waals surface area contributed by atoms with Crippen LogP contribution in [0.2, 0.25) is 0 Å². The number of nitrogens with zero attached hydrogens (tertiary/aromatic N) is 6. The molecule has 6 heteroatoms. The summed E-state index contributed by atoms with van der Waals surface area (Å²) in [5.41, 5.74) is 15.3. The van der Waals surface area contributed by atoms with Crippen LogP contribution in [-0.2, 0) is 0 Å². The molecule has 0 aliphatic heterocycles. The molecule has 0 saturated carbocycles. The molecule has 13 aromatic rings. The summed E-state index contributed by atoms with van der Waals surface area (Å²) in [5.74, 6) is 0.607. The molecule has 4 heterocycles. The number of aromatic nitrogens is 5.